The minimum Gasteiger partial charge on any atom is -0.481 e. The molecule has 1 aromatic carbocycles. The molecular weight excluding hydrogens is 470 g/mol. The van der Waals surface area contributed by atoms with Gasteiger partial charge >= 0.3 is 11.9 Å². The summed E-state index contributed by atoms with van der Waals surface area (Å²) >= 11 is 0. The number of para-hydroxylation sites is 1. The molecule has 4 unspecified atom stereocenters. The highest BCUT2D eigenvalue weighted by Gasteiger charge is 2.28. The van der Waals surface area contributed by atoms with Crippen LogP contribution in [0.3, 0.4) is 0 Å². The van der Waals surface area contributed by atoms with Gasteiger partial charge in [-0.1, -0.05) is 38.5 Å². The van der Waals surface area contributed by atoms with Crippen molar-refractivity contribution in [3.05, 3.63) is 36.0 Å². The third kappa shape index (κ3) is 8.08. The molecule has 2 aromatic rings. The number of aromatic amines is 1. The first-order valence-electron chi connectivity index (χ1n) is 11.7. The van der Waals surface area contributed by atoms with Crippen molar-refractivity contribution in [2.45, 2.75) is 57.7 Å². The second kappa shape index (κ2) is 13.2. The number of hydrogen-bond acceptors (Lipinski definition) is 6. The van der Waals surface area contributed by atoms with Crippen molar-refractivity contribution < 1.29 is 34.2 Å². The van der Waals surface area contributed by atoms with Crippen LogP contribution in [-0.2, 0) is 30.4 Å². The van der Waals surface area contributed by atoms with Crippen molar-refractivity contribution in [3.63, 3.8) is 0 Å². The lowest BCUT2D eigenvalue weighted by molar-refractivity contribution is -0.143. The van der Waals surface area contributed by atoms with Gasteiger partial charge in [0.1, 0.15) is 12.1 Å². The third-order valence-corrected chi connectivity index (χ3v) is 6.00. The average Bonchev–Trinajstić information content (AvgIpc) is 3.26. The van der Waals surface area contributed by atoms with Crippen LogP contribution in [0.4, 0.5) is 0 Å². The van der Waals surface area contributed by atoms with Crippen molar-refractivity contribution in [1.82, 2.24) is 20.9 Å². The zero-order chi connectivity index (χ0) is 26.8. The summed E-state index contributed by atoms with van der Waals surface area (Å²) in [6.45, 7) is 3.20. The minimum atomic E-state index is -1.32. The molecule has 0 fully saturated rings. The first-order valence-corrected chi connectivity index (χ1v) is 11.7. The largest absolute Gasteiger partial charge is 0.481 e. The Kier molecular flexibility index (Phi) is 10.4. The fraction of sp³-hybridized carbons (Fsp3) is 0.458. The SMILES string of the molecule is CCC(C)C(N)C(=O)NCC(=O)NC(CCC(=O)O)C(=O)NC(Cc1c[nH]c2ccccc12)C(=O)O. The average molecular weight is 504 g/mol. The van der Waals surface area contributed by atoms with Crippen LogP contribution < -0.4 is 21.7 Å². The number of nitrogens with one attached hydrogen (secondary N) is 4. The van der Waals surface area contributed by atoms with Gasteiger partial charge in [0, 0.05) is 29.9 Å². The molecule has 0 radical (unpaired) electrons. The van der Waals surface area contributed by atoms with Gasteiger partial charge in [-0.2, -0.15) is 0 Å². The predicted molar refractivity (Wildman–Crippen MR) is 131 cm³/mol. The normalized spacial score (nSPS) is 14.3. The number of aliphatic carboxylic acids is 2. The lowest BCUT2D eigenvalue weighted by atomic mass is 9.99. The molecule has 1 aromatic heterocycles. The number of amides is 3. The number of aromatic nitrogens is 1. The van der Waals surface area contributed by atoms with Crippen LogP contribution >= 0.6 is 0 Å². The van der Waals surface area contributed by atoms with Gasteiger partial charge < -0.3 is 36.9 Å². The van der Waals surface area contributed by atoms with E-state index in [4.69, 9.17) is 10.8 Å². The van der Waals surface area contributed by atoms with E-state index in [-0.39, 0.29) is 18.8 Å². The van der Waals surface area contributed by atoms with Crippen molar-refractivity contribution in [1.29, 1.82) is 0 Å². The van der Waals surface area contributed by atoms with Gasteiger partial charge in [-0.15, -0.1) is 0 Å². The fourth-order valence-corrected chi connectivity index (χ4v) is 3.57. The molecule has 196 valence electrons. The van der Waals surface area contributed by atoms with Crippen LogP contribution in [0.2, 0.25) is 0 Å². The number of carboxylic acid groups (broad SMARTS) is 2. The van der Waals surface area contributed by atoms with Gasteiger partial charge in [0.25, 0.3) is 0 Å². The summed E-state index contributed by atoms with van der Waals surface area (Å²) in [4.78, 5) is 63.3. The Bertz CT molecular complexity index is 1100. The lowest BCUT2D eigenvalue weighted by Gasteiger charge is -2.22. The summed E-state index contributed by atoms with van der Waals surface area (Å²) in [6, 6.07) is 3.83. The lowest BCUT2D eigenvalue weighted by Crippen LogP contribution is -2.54. The van der Waals surface area contributed by atoms with E-state index in [0.717, 1.165) is 10.9 Å². The highest BCUT2D eigenvalue weighted by atomic mass is 16.4. The van der Waals surface area contributed by atoms with Crippen molar-refractivity contribution in [2.75, 3.05) is 6.54 Å². The second-order valence-electron chi connectivity index (χ2n) is 8.64. The molecule has 2 rings (SSSR count). The Balaban J connectivity index is 2.06. The Labute approximate surface area is 208 Å². The number of carbonyl (C=O) groups is 5. The molecule has 3 amide bonds. The Morgan fingerprint density at radius 2 is 1.72 bits per heavy atom. The summed E-state index contributed by atoms with van der Waals surface area (Å²) in [6.07, 6.45) is 1.58. The van der Waals surface area contributed by atoms with E-state index in [1.165, 1.54) is 0 Å². The van der Waals surface area contributed by atoms with Crippen LogP contribution in [0.1, 0.15) is 38.7 Å². The monoisotopic (exact) mass is 503 g/mol. The van der Waals surface area contributed by atoms with Crippen LogP contribution in [-0.4, -0.2) is 69.5 Å². The van der Waals surface area contributed by atoms with Gasteiger partial charge in [0.2, 0.25) is 17.7 Å². The quantitative estimate of drug-likeness (QED) is 0.188. The van der Waals surface area contributed by atoms with Gasteiger partial charge in [-0.05, 0) is 24.0 Å². The molecule has 12 heteroatoms. The van der Waals surface area contributed by atoms with Crippen LogP contribution in [0, 0.1) is 5.92 Å². The van der Waals surface area contributed by atoms with Gasteiger partial charge in [-0.3, -0.25) is 19.2 Å². The summed E-state index contributed by atoms with van der Waals surface area (Å²) < 4.78 is 0. The van der Waals surface area contributed by atoms with Crippen molar-refractivity contribution in [2.24, 2.45) is 11.7 Å². The molecule has 0 aliphatic rings. The molecule has 0 spiro atoms. The third-order valence-electron chi connectivity index (χ3n) is 6.00. The summed E-state index contributed by atoms with van der Waals surface area (Å²) in [5.41, 5.74) is 7.31. The molecule has 4 atom stereocenters. The molecule has 12 nitrogen and oxygen atoms in total. The number of hydrogen-bond donors (Lipinski definition) is 7. The first kappa shape index (κ1) is 28.3. The van der Waals surface area contributed by atoms with E-state index < -0.39 is 60.8 Å². The summed E-state index contributed by atoms with van der Waals surface area (Å²) in [5, 5.41) is 26.6. The van der Waals surface area contributed by atoms with Crippen LogP contribution in [0.5, 0.6) is 0 Å². The molecular formula is C24H33N5O7. The number of benzene rings is 1. The smallest absolute Gasteiger partial charge is 0.326 e. The highest BCUT2D eigenvalue weighted by Crippen LogP contribution is 2.19. The molecule has 0 saturated carbocycles. The Morgan fingerprint density at radius 3 is 2.36 bits per heavy atom. The van der Waals surface area contributed by atoms with E-state index >= 15 is 0 Å². The van der Waals surface area contributed by atoms with Gasteiger partial charge in [0.05, 0.1) is 12.6 Å². The number of carboxylic acids is 2. The van der Waals surface area contributed by atoms with E-state index in [1.807, 2.05) is 25.1 Å². The highest BCUT2D eigenvalue weighted by molar-refractivity contribution is 5.93. The number of rotatable bonds is 14. The predicted octanol–water partition coefficient (Wildman–Crippen LogP) is 0.119. The molecule has 36 heavy (non-hydrogen) atoms. The van der Waals surface area contributed by atoms with Crippen LogP contribution in [0.15, 0.2) is 30.5 Å². The maximum absolute atomic E-state index is 12.9. The summed E-state index contributed by atoms with van der Waals surface area (Å²) in [7, 11) is 0. The number of nitrogens with two attached hydrogens (primary N) is 1. The van der Waals surface area contributed by atoms with Gasteiger partial charge in [0.15, 0.2) is 0 Å². The zero-order valence-electron chi connectivity index (χ0n) is 20.2. The second-order valence-corrected chi connectivity index (χ2v) is 8.64. The van der Waals surface area contributed by atoms with E-state index in [0.29, 0.717) is 12.0 Å². The van der Waals surface area contributed by atoms with E-state index in [2.05, 4.69) is 20.9 Å². The van der Waals surface area contributed by atoms with Crippen molar-refractivity contribution >= 4 is 40.6 Å². The zero-order valence-corrected chi connectivity index (χ0v) is 20.2. The Hall–Kier alpha value is -3.93. The first-order chi connectivity index (χ1) is 17.0. The molecule has 0 aliphatic heterocycles. The molecule has 0 bridgehead atoms. The van der Waals surface area contributed by atoms with Crippen molar-refractivity contribution in [3.8, 4) is 0 Å². The van der Waals surface area contributed by atoms with E-state index in [1.54, 1.807) is 19.2 Å². The maximum atomic E-state index is 12.9. The number of fused-ring (bicyclic) bond motifs is 1. The van der Waals surface area contributed by atoms with E-state index in [9.17, 15) is 29.1 Å². The number of H-pyrrole nitrogens is 1. The molecule has 1 heterocycles. The molecule has 0 saturated heterocycles. The molecule has 8 N–H and O–H groups in total. The topological polar surface area (TPSA) is 204 Å². The summed E-state index contributed by atoms with van der Waals surface area (Å²) in [5.74, 6) is -4.71. The fourth-order valence-electron chi connectivity index (χ4n) is 3.57. The standard InChI is InChI=1S/C24H33N5O7/c1-3-13(2)21(25)23(34)27-12-19(30)28-17(8-9-20(31)32)22(33)29-18(24(35)36)10-14-11-26-16-7-5-4-6-15(14)16/h4-7,11,13,17-18,21,26H,3,8-10,12,25H2,1-2H3,(H,27,34)(H,28,30)(H,29,33)(H,31,32)(H,35,36). The molecule has 0 aliphatic carbocycles. The number of carbonyl (C=O) groups excluding carboxylic acids is 3. The van der Waals surface area contributed by atoms with Crippen LogP contribution in [0.25, 0.3) is 10.9 Å². The van der Waals surface area contributed by atoms with Gasteiger partial charge in [-0.25, -0.2) is 4.79 Å². The Morgan fingerprint density at radius 1 is 1.03 bits per heavy atom. The maximum Gasteiger partial charge on any atom is 0.326 e. The minimum absolute atomic E-state index is 0.0335.